The lowest BCUT2D eigenvalue weighted by Crippen LogP contribution is -2.39. The normalized spacial score (nSPS) is 11.5. The van der Waals surface area contributed by atoms with Gasteiger partial charge in [0, 0.05) is 43.2 Å². The van der Waals surface area contributed by atoms with Crippen molar-refractivity contribution in [2.24, 2.45) is 4.99 Å². The van der Waals surface area contributed by atoms with Crippen molar-refractivity contribution in [3.63, 3.8) is 0 Å². The first-order valence-corrected chi connectivity index (χ1v) is 10.7. The summed E-state index contributed by atoms with van der Waals surface area (Å²) in [6.07, 6.45) is 0.798. The van der Waals surface area contributed by atoms with Crippen LogP contribution in [0.25, 0.3) is 0 Å². The first kappa shape index (κ1) is 27.2. The number of hydrogen-bond acceptors (Lipinski definition) is 2. The number of amides is 1. The van der Waals surface area contributed by atoms with E-state index in [9.17, 15) is 4.79 Å². The van der Waals surface area contributed by atoms with Gasteiger partial charge in [-0.2, -0.15) is 0 Å². The zero-order valence-electron chi connectivity index (χ0n) is 19.0. The molecule has 0 aliphatic rings. The van der Waals surface area contributed by atoms with Gasteiger partial charge in [-0.15, -0.1) is 24.0 Å². The number of hydrogen-bond donors (Lipinski definition) is 2. The standard InChI is InChI=1S/C24H33ClN4O.HI/c1-6-26-23(28-17-24(2,3)20-12-7-8-13-21(20)25)27-15-14-18-10-9-11-19(16-18)22(30)29(4)5;/h7-13,16H,6,14-15,17H2,1-5H3,(H2,26,27,28);1H. The SMILES string of the molecule is CCNC(=NCC(C)(C)c1ccccc1Cl)NCCc1cccc(C(=O)N(C)C)c1.I. The van der Waals surface area contributed by atoms with Crippen molar-refractivity contribution in [1.29, 1.82) is 0 Å². The number of aliphatic imine (C=N–C) groups is 1. The van der Waals surface area contributed by atoms with Crippen LogP contribution in [0.15, 0.2) is 53.5 Å². The molecule has 0 bridgehead atoms. The van der Waals surface area contributed by atoms with E-state index in [-0.39, 0.29) is 35.3 Å². The first-order valence-electron chi connectivity index (χ1n) is 10.3. The summed E-state index contributed by atoms with van der Waals surface area (Å²) in [6.45, 7) is 8.46. The van der Waals surface area contributed by atoms with Gasteiger partial charge in [0.15, 0.2) is 5.96 Å². The third-order valence-corrected chi connectivity index (χ3v) is 5.20. The fourth-order valence-electron chi connectivity index (χ4n) is 3.16. The number of nitrogens with zero attached hydrogens (tertiary/aromatic N) is 2. The van der Waals surface area contributed by atoms with Crippen molar-refractivity contribution in [1.82, 2.24) is 15.5 Å². The molecule has 0 saturated carbocycles. The molecule has 0 saturated heterocycles. The molecule has 0 heterocycles. The van der Waals surface area contributed by atoms with Gasteiger partial charge in [0.2, 0.25) is 0 Å². The predicted octanol–water partition coefficient (Wildman–Crippen LogP) is 4.74. The Kier molecular flexibility index (Phi) is 11.3. The van der Waals surface area contributed by atoms with Gasteiger partial charge < -0.3 is 15.5 Å². The molecule has 2 rings (SSSR count). The van der Waals surface area contributed by atoms with Crippen LogP contribution in [0.5, 0.6) is 0 Å². The van der Waals surface area contributed by atoms with E-state index in [2.05, 4.69) is 30.5 Å². The maximum atomic E-state index is 12.2. The third-order valence-electron chi connectivity index (χ3n) is 4.87. The lowest BCUT2D eigenvalue weighted by atomic mass is 9.85. The number of benzene rings is 2. The summed E-state index contributed by atoms with van der Waals surface area (Å²) in [4.78, 5) is 18.5. The molecular weight excluding hydrogens is 523 g/mol. The fraction of sp³-hybridized carbons (Fsp3) is 0.417. The van der Waals surface area contributed by atoms with E-state index in [1.165, 1.54) is 0 Å². The summed E-state index contributed by atoms with van der Waals surface area (Å²) in [5.41, 5.74) is 2.73. The van der Waals surface area contributed by atoms with Crippen molar-refractivity contribution < 1.29 is 4.79 Å². The summed E-state index contributed by atoms with van der Waals surface area (Å²) in [6, 6.07) is 15.7. The zero-order chi connectivity index (χ0) is 22.1. The Balaban J connectivity index is 0.00000480. The van der Waals surface area contributed by atoms with E-state index in [1.54, 1.807) is 19.0 Å². The fourth-order valence-corrected chi connectivity index (χ4v) is 3.55. The average Bonchev–Trinajstić information content (AvgIpc) is 2.72. The van der Waals surface area contributed by atoms with Crippen LogP contribution in [0.4, 0.5) is 0 Å². The summed E-state index contributed by atoms with van der Waals surface area (Å²) in [7, 11) is 3.53. The smallest absolute Gasteiger partial charge is 0.253 e. The minimum atomic E-state index is -0.179. The Labute approximate surface area is 208 Å². The minimum Gasteiger partial charge on any atom is -0.357 e. The van der Waals surface area contributed by atoms with E-state index < -0.39 is 0 Å². The van der Waals surface area contributed by atoms with Crippen LogP contribution >= 0.6 is 35.6 Å². The molecule has 0 unspecified atom stereocenters. The maximum absolute atomic E-state index is 12.2. The molecule has 170 valence electrons. The molecule has 2 N–H and O–H groups in total. The molecule has 0 atom stereocenters. The number of rotatable bonds is 8. The largest absolute Gasteiger partial charge is 0.357 e. The molecule has 0 fully saturated rings. The van der Waals surface area contributed by atoms with Crippen molar-refractivity contribution in [3.8, 4) is 0 Å². The van der Waals surface area contributed by atoms with Crippen molar-refractivity contribution in [3.05, 3.63) is 70.2 Å². The average molecular weight is 557 g/mol. The van der Waals surface area contributed by atoms with E-state index >= 15 is 0 Å². The third kappa shape index (κ3) is 8.33. The second kappa shape index (κ2) is 12.9. The van der Waals surface area contributed by atoms with Gasteiger partial charge in [0.05, 0.1) is 6.54 Å². The zero-order valence-corrected chi connectivity index (χ0v) is 22.1. The van der Waals surface area contributed by atoms with Crippen LogP contribution < -0.4 is 10.6 Å². The summed E-state index contributed by atoms with van der Waals surface area (Å²) in [5, 5.41) is 7.45. The van der Waals surface area contributed by atoms with E-state index in [0.29, 0.717) is 12.1 Å². The van der Waals surface area contributed by atoms with Gasteiger partial charge in [0.1, 0.15) is 0 Å². The molecule has 1 amide bonds. The Bertz CT molecular complexity index is 883. The van der Waals surface area contributed by atoms with Crippen molar-refractivity contribution >= 4 is 47.4 Å². The Morgan fingerprint density at radius 2 is 1.81 bits per heavy atom. The molecular formula is C24H34ClIN4O. The van der Waals surface area contributed by atoms with Crippen LogP contribution in [0.1, 0.15) is 42.3 Å². The summed E-state index contributed by atoms with van der Waals surface area (Å²) < 4.78 is 0. The lowest BCUT2D eigenvalue weighted by molar-refractivity contribution is 0.0827. The predicted molar refractivity (Wildman–Crippen MR) is 142 cm³/mol. The highest BCUT2D eigenvalue weighted by molar-refractivity contribution is 14.0. The Morgan fingerprint density at radius 3 is 2.45 bits per heavy atom. The lowest BCUT2D eigenvalue weighted by Gasteiger charge is -2.25. The first-order chi connectivity index (χ1) is 14.2. The summed E-state index contributed by atoms with van der Waals surface area (Å²) in [5.74, 6) is 0.791. The van der Waals surface area contributed by atoms with Crippen molar-refractivity contribution in [2.75, 3.05) is 33.7 Å². The summed E-state index contributed by atoms with van der Waals surface area (Å²) >= 11 is 6.38. The molecule has 2 aromatic rings. The Hall–Kier alpha value is -1.80. The van der Waals surface area contributed by atoms with Crippen LogP contribution in [0, 0.1) is 0 Å². The number of carbonyl (C=O) groups is 1. The number of nitrogens with one attached hydrogen (secondary N) is 2. The van der Waals surface area contributed by atoms with Gasteiger partial charge in [-0.05, 0) is 42.7 Å². The number of guanidine groups is 1. The van der Waals surface area contributed by atoms with Gasteiger partial charge >= 0.3 is 0 Å². The number of halogens is 2. The molecule has 2 aromatic carbocycles. The minimum absolute atomic E-state index is 0. The van der Waals surface area contributed by atoms with Crippen LogP contribution in [0.3, 0.4) is 0 Å². The highest BCUT2D eigenvalue weighted by atomic mass is 127. The Morgan fingerprint density at radius 1 is 1.10 bits per heavy atom. The molecule has 0 aromatic heterocycles. The van der Waals surface area contributed by atoms with Gasteiger partial charge in [0.25, 0.3) is 5.91 Å². The quantitative estimate of drug-likeness (QED) is 0.281. The molecule has 5 nitrogen and oxygen atoms in total. The molecule has 0 aliphatic heterocycles. The second-order valence-corrected chi connectivity index (χ2v) is 8.54. The van der Waals surface area contributed by atoms with Gasteiger partial charge in [-0.3, -0.25) is 9.79 Å². The maximum Gasteiger partial charge on any atom is 0.253 e. The number of carbonyl (C=O) groups excluding carboxylic acids is 1. The molecule has 31 heavy (non-hydrogen) atoms. The highest BCUT2D eigenvalue weighted by Crippen LogP contribution is 2.29. The van der Waals surface area contributed by atoms with Crippen LogP contribution in [-0.4, -0.2) is 50.5 Å². The highest BCUT2D eigenvalue weighted by Gasteiger charge is 2.23. The van der Waals surface area contributed by atoms with Gasteiger partial charge in [-0.25, -0.2) is 0 Å². The molecule has 0 aliphatic carbocycles. The molecule has 7 heteroatoms. The van der Waals surface area contributed by atoms with Crippen LogP contribution in [-0.2, 0) is 11.8 Å². The van der Waals surface area contributed by atoms with E-state index in [0.717, 1.165) is 41.6 Å². The second-order valence-electron chi connectivity index (χ2n) is 8.14. The monoisotopic (exact) mass is 556 g/mol. The molecule has 0 spiro atoms. The van der Waals surface area contributed by atoms with Crippen molar-refractivity contribution in [2.45, 2.75) is 32.6 Å². The topological polar surface area (TPSA) is 56.7 Å². The van der Waals surface area contributed by atoms with Crippen LogP contribution in [0.2, 0.25) is 5.02 Å². The van der Waals surface area contributed by atoms with E-state index in [1.807, 2.05) is 49.4 Å². The van der Waals surface area contributed by atoms with E-state index in [4.69, 9.17) is 16.6 Å². The van der Waals surface area contributed by atoms with Gasteiger partial charge in [-0.1, -0.05) is 55.8 Å². The molecule has 0 radical (unpaired) electrons.